The molecule has 6 nitrogen and oxygen atoms in total. The van der Waals surface area contributed by atoms with Gasteiger partial charge >= 0.3 is 0 Å². The van der Waals surface area contributed by atoms with Gasteiger partial charge in [0, 0.05) is 44.3 Å². The molecule has 1 aliphatic rings. The summed E-state index contributed by atoms with van der Waals surface area (Å²) in [6.07, 6.45) is 3.59. The molecule has 0 aliphatic carbocycles. The van der Waals surface area contributed by atoms with Crippen LogP contribution in [0.5, 0.6) is 0 Å². The van der Waals surface area contributed by atoms with Gasteiger partial charge in [-0.3, -0.25) is 9.69 Å². The molecule has 0 radical (unpaired) electrons. The molecule has 21 heavy (non-hydrogen) atoms. The summed E-state index contributed by atoms with van der Waals surface area (Å²) in [5.41, 5.74) is 0.844. The van der Waals surface area contributed by atoms with E-state index in [0.29, 0.717) is 6.54 Å². The minimum absolute atomic E-state index is 0.0349. The van der Waals surface area contributed by atoms with Crippen LogP contribution in [0.25, 0.3) is 0 Å². The van der Waals surface area contributed by atoms with Gasteiger partial charge in [-0.05, 0) is 12.1 Å². The molecule has 6 heteroatoms. The number of carbonyl (C=O) groups is 1. The Hall–Kier alpha value is -2.34. The summed E-state index contributed by atoms with van der Waals surface area (Å²) in [5, 5.41) is 2.92. The number of piperazine rings is 1. The van der Waals surface area contributed by atoms with Crippen molar-refractivity contribution in [3.8, 4) is 0 Å². The number of H-pyrrole nitrogens is 1. The molecule has 1 saturated heterocycles. The minimum Gasteiger partial charge on any atom is -0.340 e. The number of hydrogen-bond donors (Lipinski definition) is 2. The summed E-state index contributed by atoms with van der Waals surface area (Å²) in [6.45, 7) is 3.92. The van der Waals surface area contributed by atoms with Crippen molar-refractivity contribution in [3.63, 3.8) is 0 Å². The Balaban J connectivity index is 1.46. The third kappa shape index (κ3) is 3.61. The lowest BCUT2D eigenvalue weighted by Crippen LogP contribution is -2.49. The largest absolute Gasteiger partial charge is 0.340 e. The van der Waals surface area contributed by atoms with Crippen molar-refractivity contribution in [1.29, 1.82) is 0 Å². The van der Waals surface area contributed by atoms with Crippen LogP contribution in [0.2, 0.25) is 0 Å². The number of para-hydroxylation sites is 1. The smallest absolute Gasteiger partial charge is 0.238 e. The number of benzene rings is 1. The Morgan fingerprint density at radius 2 is 1.95 bits per heavy atom. The highest BCUT2D eigenvalue weighted by Crippen LogP contribution is 2.10. The van der Waals surface area contributed by atoms with Gasteiger partial charge < -0.3 is 15.2 Å². The highest BCUT2D eigenvalue weighted by atomic mass is 16.2. The Bertz CT molecular complexity index is 561. The van der Waals surface area contributed by atoms with Crippen LogP contribution >= 0.6 is 0 Å². The molecule has 1 fully saturated rings. The number of aromatic amines is 1. The first kappa shape index (κ1) is 13.6. The average Bonchev–Trinajstić information content (AvgIpc) is 3.03. The fraction of sp³-hybridized carbons (Fsp3) is 0.333. The van der Waals surface area contributed by atoms with E-state index in [1.165, 1.54) is 0 Å². The molecule has 1 aromatic heterocycles. The maximum atomic E-state index is 12.0. The van der Waals surface area contributed by atoms with E-state index in [-0.39, 0.29) is 5.91 Å². The predicted molar refractivity (Wildman–Crippen MR) is 82.3 cm³/mol. The lowest BCUT2D eigenvalue weighted by atomic mass is 10.3. The van der Waals surface area contributed by atoms with Crippen LogP contribution in [0, 0.1) is 0 Å². The number of nitrogens with one attached hydrogen (secondary N) is 2. The number of imidazole rings is 1. The first-order valence-corrected chi connectivity index (χ1v) is 7.13. The summed E-state index contributed by atoms with van der Waals surface area (Å²) in [6, 6.07) is 9.55. The second-order valence-corrected chi connectivity index (χ2v) is 5.09. The molecule has 1 aliphatic heterocycles. The minimum atomic E-state index is 0.0349. The van der Waals surface area contributed by atoms with Gasteiger partial charge in [-0.1, -0.05) is 18.2 Å². The predicted octanol–water partition coefficient (Wildman–Crippen LogP) is 1.17. The molecule has 3 rings (SSSR count). The van der Waals surface area contributed by atoms with Gasteiger partial charge in [0.1, 0.15) is 0 Å². The number of hydrogen-bond acceptors (Lipinski definition) is 4. The molecule has 1 aromatic carbocycles. The number of aromatic nitrogens is 2. The zero-order chi connectivity index (χ0) is 14.5. The summed E-state index contributed by atoms with van der Waals surface area (Å²) in [5.74, 6) is 0.941. The van der Waals surface area contributed by atoms with E-state index in [0.717, 1.165) is 37.8 Å². The molecule has 1 amide bonds. The van der Waals surface area contributed by atoms with Crippen molar-refractivity contribution in [2.45, 2.75) is 0 Å². The van der Waals surface area contributed by atoms with Crippen LogP contribution in [0.15, 0.2) is 42.7 Å². The lowest BCUT2D eigenvalue weighted by molar-refractivity contribution is -0.117. The van der Waals surface area contributed by atoms with Crippen LogP contribution in [0.3, 0.4) is 0 Å². The second-order valence-electron chi connectivity index (χ2n) is 5.09. The molecule has 2 aromatic rings. The Labute approximate surface area is 123 Å². The molecule has 0 unspecified atom stereocenters. The molecule has 2 heterocycles. The van der Waals surface area contributed by atoms with E-state index in [1.54, 1.807) is 6.20 Å². The third-order valence-corrected chi connectivity index (χ3v) is 3.58. The van der Waals surface area contributed by atoms with Crippen LogP contribution in [0.4, 0.5) is 11.6 Å². The van der Waals surface area contributed by atoms with Gasteiger partial charge in [-0.15, -0.1) is 0 Å². The SMILES string of the molecule is O=C(CN1CCN(c2ncc[nH]2)CC1)Nc1ccccc1. The van der Waals surface area contributed by atoms with E-state index < -0.39 is 0 Å². The highest BCUT2D eigenvalue weighted by molar-refractivity contribution is 5.92. The molecule has 0 bridgehead atoms. The van der Waals surface area contributed by atoms with Gasteiger partial charge in [-0.2, -0.15) is 0 Å². The standard InChI is InChI=1S/C15H19N5O/c21-14(18-13-4-2-1-3-5-13)12-19-8-10-20(11-9-19)15-16-6-7-17-15/h1-7H,8-12H2,(H,16,17)(H,18,21). The first-order valence-electron chi connectivity index (χ1n) is 7.13. The molecule has 0 spiro atoms. The Kier molecular flexibility index (Phi) is 4.16. The van der Waals surface area contributed by atoms with Crippen LogP contribution in [0.1, 0.15) is 0 Å². The maximum absolute atomic E-state index is 12.0. The molecule has 0 atom stereocenters. The topological polar surface area (TPSA) is 64.3 Å². The van der Waals surface area contributed by atoms with E-state index in [2.05, 4.69) is 25.1 Å². The number of nitrogens with zero attached hydrogens (tertiary/aromatic N) is 3. The molecule has 0 saturated carbocycles. The van der Waals surface area contributed by atoms with E-state index >= 15 is 0 Å². The monoisotopic (exact) mass is 285 g/mol. The van der Waals surface area contributed by atoms with Gasteiger partial charge in [0.15, 0.2) is 0 Å². The number of amides is 1. The molecule has 2 N–H and O–H groups in total. The van der Waals surface area contributed by atoms with Gasteiger partial charge in [0.2, 0.25) is 11.9 Å². The maximum Gasteiger partial charge on any atom is 0.238 e. The highest BCUT2D eigenvalue weighted by Gasteiger charge is 2.20. The molecule has 110 valence electrons. The quantitative estimate of drug-likeness (QED) is 0.885. The lowest BCUT2D eigenvalue weighted by Gasteiger charge is -2.34. The second kappa shape index (κ2) is 6.41. The van der Waals surface area contributed by atoms with E-state index in [9.17, 15) is 4.79 Å². The zero-order valence-electron chi connectivity index (χ0n) is 11.8. The van der Waals surface area contributed by atoms with Crippen molar-refractivity contribution in [2.24, 2.45) is 0 Å². The summed E-state index contributed by atoms with van der Waals surface area (Å²) in [4.78, 5) is 23.7. The van der Waals surface area contributed by atoms with Crippen LogP contribution in [-0.4, -0.2) is 53.5 Å². The van der Waals surface area contributed by atoms with Crippen LogP contribution < -0.4 is 10.2 Å². The van der Waals surface area contributed by atoms with Gasteiger partial charge in [-0.25, -0.2) is 4.98 Å². The number of carbonyl (C=O) groups excluding carboxylic acids is 1. The molecular formula is C15H19N5O. The van der Waals surface area contributed by atoms with E-state index in [1.807, 2.05) is 36.5 Å². The third-order valence-electron chi connectivity index (χ3n) is 3.58. The number of rotatable bonds is 4. The fourth-order valence-corrected chi connectivity index (χ4v) is 2.47. The van der Waals surface area contributed by atoms with Crippen molar-refractivity contribution >= 4 is 17.5 Å². The van der Waals surface area contributed by atoms with Gasteiger partial charge in [0.25, 0.3) is 0 Å². The van der Waals surface area contributed by atoms with Crippen molar-refractivity contribution in [3.05, 3.63) is 42.7 Å². The summed E-state index contributed by atoms with van der Waals surface area (Å²) < 4.78 is 0. The molecular weight excluding hydrogens is 266 g/mol. The average molecular weight is 285 g/mol. The summed E-state index contributed by atoms with van der Waals surface area (Å²) >= 11 is 0. The van der Waals surface area contributed by atoms with Crippen molar-refractivity contribution in [1.82, 2.24) is 14.9 Å². The zero-order valence-corrected chi connectivity index (χ0v) is 11.8. The van der Waals surface area contributed by atoms with Crippen molar-refractivity contribution < 1.29 is 4.79 Å². The van der Waals surface area contributed by atoms with Crippen molar-refractivity contribution in [2.75, 3.05) is 42.9 Å². The Morgan fingerprint density at radius 1 is 1.19 bits per heavy atom. The Morgan fingerprint density at radius 3 is 2.62 bits per heavy atom. The van der Waals surface area contributed by atoms with Gasteiger partial charge in [0.05, 0.1) is 6.54 Å². The number of anilines is 2. The van der Waals surface area contributed by atoms with E-state index in [4.69, 9.17) is 0 Å². The first-order chi connectivity index (χ1) is 10.3. The summed E-state index contributed by atoms with van der Waals surface area (Å²) in [7, 11) is 0. The normalized spacial score (nSPS) is 15.9. The fourth-order valence-electron chi connectivity index (χ4n) is 2.47. The van der Waals surface area contributed by atoms with Crippen LogP contribution in [-0.2, 0) is 4.79 Å².